The molecule has 108 valence electrons. The van der Waals surface area contributed by atoms with E-state index in [0.717, 1.165) is 50.6 Å². The highest BCUT2D eigenvalue weighted by Crippen LogP contribution is 2.27. The topological polar surface area (TPSA) is 104 Å². The summed E-state index contributed by atoms with van der Waals surface area (Å²) in [5, 5.41) is 0. The minimum absolute atomic E-state index is 0.440. The summed E-state index contributed by atoms with van der Waals surface area (Å²) in [7, 11) is 0. The summed E-state index contributed by atoms with van der Waals surface area (Å²) in [6, 6.07) is 0.879. The first-order valence-corrected chi connectivity index (χ1v) is 7.57. The Labute approximate surface area is 112 Å². The molecule has 0 aromatic carbocycles. The highest BCUT2D eigenvalue weighted by atomic mass is 14.7. The van der Waals surface area contributed by atoms with E-state index in [-0.39, 0.29) is 0 Å². The van der Waals surface area contributed by atoms with Gasteiger partial charge in [0.05, 0.1) is 0 Å². The third kappa shape index (κ3) is 6.14. The molecule has 8 N–H and O–H groups in total. The van der Waals surface area contributed by atoms with Crippen molar-refractivity contribution in [2.45, 2.75) is 63.5 Å². The van der Waals surface area contributed by atoms with Gasteiger partial charge in [-0.25, -0.2) is 0 Å². The fraction of sp³-hybridized carbons (Fsp3) is 1.00. The Morgan fingerprint density at radius 1 is 0.667 bits per heavy atom. The standard InChI is InChI=1S/C8H18N2.C6H14N2/c9-5-7-2-1-3-8(4-7)6-10;7-5-1-2-6(8)4-3-5/h7-8H,1-6,9-10H2;5-6H,1-4,7-8H2. The molecule has 0 heterocycles. The first kappa shape index (κ1) is 15.9. The lowest BCUT2D eigenvalue weighted by atomic mass is 9.81. The molecule has 0 spiro atoms. The zero-order valence-corrected chi connectivity index (χ0v) is 11.7. The van der Waals surface area contributed by atoms with Gasteiger partial charge in [0.1, 0.15) is 0 Å². The Balaban J connectivity index is 0.000000184. The van der Waals surface area contributed by atoms with Gasteiger partial charge in [-0.2, -0.15) is 0 Å². The molecule has 0 aromatic rings. The summed E-state index contributed by atoms with van der Waals surface area (Å²) in [6.07, 6.45) is 9.77. The number of hydrogen-bond acceptors (Lipinski definition) is 4. The normalized spacial score (nSPS) is 36.7. The molecule has 0 aliphatic heterocycles. The van der Waals surface area contributed by atoms with Crippen molar-refractivity contribution in [1.82, 2.24) is 0 Å². The molecule has 18 heavy (non-hydrogen) atoms. The Kier molecular flexibility index (Phi) is 7.82. The fourth-order valence-electron chi connectivity index (χ4n) is 2.98. The number of hydrogen-bond donors (Lipinski definition) is 4. The molecule has 0 amide bonds. The summed E-state index contributed by atoms with van der Waals surface area (Å²) in [4.78, 5) is 0. The van der Waals surface area contributed by atoms with Crippen molar-refractivity contribution in [1.29, 1.82) is 0 Å². The molecule has 0 bridgehead atoms. The molecule has 2 rings (SSSR count). The Hall–Kier alpha value is -0.160. The van der Waals surface area contributed by atoms with Gasteiger partial charge in [0.25, 0.3) is 0 Å². The first-order chi connectivity index (χ1) is 8.65. The van der Waals surface area contributed by atoms with E-state index < -0.39 is 0 Å². The molecule has 2 saturated carbocycles. The molecular weight excluding hydrogens is 224 g/mol. The number of nitrogens with two attached hydrogens (primary N) is 4. The molecule has 4 nitrogen and oxygen atoms in total. The second-order valence-electron chi connectivity index (χ2n) is 6.04. The van der Waals surface area contributed by atoms with Crippen LogP contribution >= 0.6 is 0 Å². The maximum atomic E-state index is 5.64. The van der Waals surface area contributed by atoms with Crippen molar-refractivity contribution in [3.63, 3.8) is 0 Å². The lowest BCUT2D eigenvalue weighted by Crippen LogP contribution is -2.33. The smallest absolute Gasteiger partial charge is 0.00399 e. The van der Waals surface area contributed by atoms with Crippen molar-refractivity contribution in [3.8, 4) is 0 Å². The number of rotatable bonds is 2. The molecule has 2 aliphatic rings. The van der Waals surface area contributed by atoms with Gasteiger partial charge in [-0.1, -0.05) is 6.42 Å². The van der Waals surface area contributed by atoms with Crippen LogP contribution in [0, 0.1) is 11.8 Å². The van der Waals surface area contributed by atoms with Crippen LogP contribution in [0.25, 0.3) is 0 Å². The third-order valence-electron chi connectivity index (χ3n) is 4.37. The Morgan fingerprint density at radius 2 is 1.06 bits per heavy atom. The van der Waals surface area contributed by atoms with E-state index in [2.05, 4.69) is 0 Å². The van der Waals surface area contributed by atoms with Crippen LogP contribution in [0.3, 0.4) is 0 Å². The maximum absolute atomic E-state index is 5.64. The lowest BCUT2D eigenvalue weighted by Gasteiger charge is -2.26. The third-order valence-corrected chi connectivity index (χ3v) is 4.37. The fourth-order valence-corrected chi connectivity index (χ4v) is 2.98. The average Bonchev–Trinajstić information content (AvgIpc) is 2.43. The maximum Gasteiger partial charge on any atom is 0.00399 e. The predicted octanol–water partition coefficient (Wildman–Crippen LogP) is 0.925. The summed E-state index contributed by atoms with van der Waals surface area (Å²) < 4.78 is 0. The van der Waals surface area contributed by atoms with Gasteiger partial charge in [-0.15, -0.1) is 0 Å². The van der Waals surface area contributed by atoms with Gasteiger partial charge in [0.15, 0.2) is 0 Å². The van der Waals surface area contributed by atoms with E-state index in [9.17, 15) is 0 Å². The summed E-state index contributed by atoms with van der Waals surface area (Å²) >= 11 is 0. The highest BCUT2D eigenvalue weighted by molar-refractivity contribution is 4.75. The molecule has 0 saturated heterocycles. The van der Waals surface area contributed by atoms with Crippen LogP contribution in [-0.4, -0.2) is 25.2 Å². The molecule has 2 unspecified atom stereocenters. The monoisotopic (exact) mass is 256 g/mol. The quantitative estimate of drug-likeness (QED) is 0.590. The zero-order chi connectivity index (χ0) is 13.4. The van der Waals surface area contributed by atoms with Crippen molar-refractivity contribution < 1.29 is 0 Å². The molecule has 0 radical (unpaired) electrons. The van der Waals surface area contributed by atoms with Gasteiger partial charge >= 0.3 is 0 Å². The predicted molar refractivity (Wildman–Crippen MR) is 78.0 cm³/mol. The first-order valence-electron chi connectivity index (χ1n) is 7.57. The van der Waals surface area contributed by atoms with Gasteiger partial charge in [0, 0.05) is 12.1 Å². The van der Waals surface area contributed by atoms with Crippen LogP contribution in [0.2, 0.25) is 0 Å². The van der Waals surface area contributed by atoms with Crippen LogP contribution in [0.4, 0.5) is 0 Å². The van der Waals surface area contributed by atoms with Crippen molar-refractivity contribution in [3.05, 3.63) is 0 Å². The zero-order valence-electron chi connectivity index (χ0n) is 11.7. The SMILES string of the molecule is NC1CCC(N)CC1.NCC1CCCC(CN)C1. The van der Waals surface area contributed by atoms with E-state index >= 15 is 0 Å². The van der Waals surface area contributed by atoms with E-state index in [1.165, 1.54) is 25.7 Å². The Bertz CT molecular complexity index is 182. The highest BCUT2D eigenvalue weighted by Gasteiger charge is 2.19. The second-order valence-corrected chi connectivity index (χ2v) is 6.04. The van der Waals surface area contributed by atoms with Crippen molar-refractivity contribution in [2.24, 2.45) is 34.8 Å². The van der Waals surface area contributed by atoms with Crippen molar-refractivity contribution in [2.75, 3.05) is 13.1 Å². The largest absolute Gasteiger partial charge is 0.330 e. The van der Waals surface area contributed by atoms with Crippen LogP contribution in [0.5, 0.6) is 0 Å². The van der Waals surface area contributed by atoms with Crippen LogP contribution in [0.15, 0.2) is 0 Å². The summed E-state index contributed by atoms with van der Waals surface area (Å²) in [6.45, 7) is 1.72. The van der Waals surface area contributed by atoms with Gasteiger partial charge in [-0.05, 0) is 69.9 Å². The van der Waals surface area contributed by atoms with Gasteiger partial charge in [0.2, 0.25) is 0 Å². The lowest BCUT2D eigenvalue weighted by molar-refractivity contribution is 0.277. The summed E-state index contributed by atoms with van der Waals surface area (Å²) in [5.41, 5.74) is 22.4. The van der Waals surface area contributed by atoms with Gasteiger partial charge in [-0.3, -0.25) is 0 Å². The average molecular weight is 256 g/mol. The van der Waals surface area contributed by atoms with Crippen molar-refractivity contribution >= 4 is 0 Å². The van der Waals surface area contributed by atoms with Crippen LogP contribution in [-0.2, 0) is 0 Å². The van der Waals surface area contributed by atoms with E-state index in [1.807, 2.05) is 0 Å². The van der Waals surface area contributed by atoms with E-state index in [4.69, 9.17) is 22.9 Å². The second kappa shape index (κ2) is 8.86. The van der Waals surface area contributed by atoms with Crippen LogP contribution < -0.4 is 22.9 Å². The minimum Gasteiger partial charge on any atom is -0.330 e. The Morgan fingerprint density at radius 3 is 1.39 bits per heavy atom. The molecule has 2 fully saturated rings. The molecule has 4 heteroatoms. The van der Waals surface area contributed by atoms with Crippen LogP contribution in [0.1, 0.15) is 51.4 Å². The van der Waals surface area contributed by atoms with E-state index in [1.54, 1.807) is 0 Å². The summed E-state index contributed by atoms with van der Waals surface area (Å²) in [5.74, 6) is 1.53. The molecule has 0 aromatic heterocycles. The molecular formula is C14H32N4. The minimum atomic E-state index is 0.440. The molecule has 2 aliphatic carbocycles. The van der Waals surface area contributed by atoms with Gasteiger partial charge < -0.3 is 22.9 Å². The molecule has 2 atom stereocenters. The van der Waals surface area contributed by atoms with E-state index in [0.29, 0.717) is 12.1 Å².